The first-order valence-electron chi connectivity index (χ1n) is 7.98. The molecule has 0 aromatic heterocycles. The van der Waals surface area contributed by atoms with Crippen LogP contribution in [0.1, 0.15) is 20.3 Å². The Morgan fingerprint density at radius 2 is 2.00 bits per heavy atom. The average Bonchev–Trinajstić information content (AvgIpc) is 2.59. The zero-order valence-corrected chi connectivity index (χ0v) is 14.8. The molecular weight excluding hydrogens is 310 g/mol. The van der Waals surface area contributed by atoms with E-state index in [2.05, 4.69) is 20.4 Å². The topological polar surface area (TPSA) is 81.2 Å². The first kappa shape index (κ1) is 19.6. The molecule has 1 aromatic carbocycles. The summed E-state index contributed by atoms with van der Waals surface area (Å²) in [5.74, 6) is 1.87. The summed E-state index contributed by atoms with van der Waals surface area (Å²) in [4.78, 5) is 15.6. The second-order valence-corrected chi connectivity index (χ2v) is 5.08. The second kappa shape index (κ2) is 11.2. The Labute approximate surface area is 143 Å². The molecule has 0 spiro atoms. The number of ether oxygens (including phenoxy) is 3. The summed E-state index contributed by atoms with van der Waals surface area (Å²) in [5, 5.41) is 6.21. The first-order valence-corrected chi connectivity index (χ1v) is 7.98. The zero-order chi connectivity index (χ0) is 17.8. The second-order valence-electron chi connectivity index (χ2n) is 5.08. The lowest BCUT2D eigenvalue weighted by molar-refractivity contribution is -0.140. The molecule has 0 saturated carbocycles. The molecule has 0 fully saturated rings. The molecule has 0 bridgehead atoms. The maximum Gasteiger partial charge on any atom is 0.307 e. The van der Waals surface area contributed by atoms with Crippen LogP contribution >= 0.6 is 0 Å². The Kier molecular flexibility index (Phi) is 9.11. The van der Waals surface area contributed by atoms with E-state index in [1.807, 2.05) is 38.1 Å². The number of guanidine groups is 1. The van der Waals surface area contributed by atoms with Crippen molar-refractivity contribution >= 4 is 11.9 Å². The number of nitrogens with zero attached hydrogens (tertiary/aromatic N) is 1. The van der Waals surface area contributed by atoms with Gasteiger partial charge in [0, 0.05) is 19.2 Å². The summed E-state index contributed by atoms with van der Waals surface area (Å²) in [6, 6.07) is 7.45. The van der Waals surface area contributed by atoms with Crippen molar-refractivity contribution in [3.05, 3.63) is 24.3 Å². The van der Waals surface area contributed by atoms with E-state index in [4.69, 9.17) is 9.47 Å². The molecule has 1 unspecified atom stereocenters. The van der Waals surface area contributed by atoms with Crippen molar-refractivity contribution in [2.24, 2.45) is 4.99 Å². The number of hydrogen-bond acceptors (Lipinski definition) is 5. The van der Waals surface area contributed by atoms with Crippen molar-refractivity contribution in [1.29, 1.82) is 0 Å². The van der Waals surface area contributed by atoms with Crippen molar-refractivity contribution in [2.45, 2.75) is 26.4 Å². The SMILES string of the molecule is CCNC(=NCC(C)Oc1cccc(OC)c1)NCCC(=O)OC. The summed E-state index contributed by atoms with van der Waals surface area (Å²) in [6.07, 6.45) is 0.185. The number of rotatable bonds is 9. The van der Waals surface area contributed by atoms with E-state index >= 15 is 0 Å². The Morgan fingerprint density at radius 3 is 2.67 bits per heavy atom. The van der Waals surface area contributed by atoms with Gasteiger partial charge in [-0.15, -0.1) is 0 Å². The Hall–Kier alpha value is -2.44. The number of carbonyl (C=O) groups excluding carboxylic acids is 1. The van der Waals surface area contributed by atoms with E-state index in [1.165, 1.54) is 7.11 Å². The highest BCUT2D eigenvalue weighted by atomic mass is 16.5. The van der Waals surface area contributed by atoms with Gasteiger partial charge in [0.1, 0.15) is 17.6 Å². The van der Waals surface area contributed by atoms with Gasteiger partial charge in [0.15, 0.2) is 5.96 Å². The molecule has 1 rings (SSSR count). The molecule has 0 saturated heterocycles. The van der Waals surface area contributed by atoms with Crippen LogP contribution in [0, 0.1) is 0 Å². The number of benzene rings is 1. The van der Waals surface area contributed by atoms with Crippen molar-refractivity contribution in [1.82, 2.24) is 10.6 Å². The Balaban J connectivity index is 2.49. The maximum atomic E-state index is 11.1. The predicted molar refractivity (Wildman–Crippen MR) is 93.7 cm³/mol. The Morgan fingerprint density at radius 1 is 1.25 bits per heavy atom. The van der Waals surface area contributed by atoms with Crippen LogP contribution in [-0.4, -0.2) is 51.9 Å². The lowest BCUT2D eigenvalue weighted by atomic mass is 10.3. The van der Waals surface area contributed by atoms with Crippen LogP contribution in [0.25, 0.3) is 0 Å². The standard InChI is InChI=1S/C17H27N3O4/c1-5-18-17(19-10-9-16(21)23-4)20-12-13(2)24-15-8-6-7-14(11-15)22-3/h6-8,11,13H,5,9-10,12H2,1-4H3,(H2,18,19,20). The van der Waals surface area contributed by atoms with Crippen LogP contribution in [0.5, 0.6) is 11.5 Å². The van der Waals surface area contributed by atoms with Gasteiger partial charge in [0.2, 0.25) is 0 Å². The molecule has 0 radical (unpaired) electrons. The molecule has 7 nitrogen and oxygen atoms in total. The number of hydrogen-bond donors (Lipinski definition) is 2. The summed E-state index contributed by atoms with van der Waals surface area (Å²) in [6.45, 7) is 5.60. The van der Waals surface area contributed by atoms with Gasteiger partial charge in [-0.25, -0.2) is 4.99 Å². The van der Waals surface area contributed by atoms with Gasteiger partial charge in [-0.05, 0) is 26.0 Å². The van der Waals surface area contributed by atoms with E-state index in [9.17, 15) is 4.79 Å². The van der Waals surface area contributed by atoms with Gasteiger partial charge in [-0.3, -0.25) is 4.79 Å². The highest BCUT2D eigenvalue weighted by Crippen LogP contribution is 2.19. The van der Waals surface area contributed by atoms with Gasteiger partial charge >= 0.3 is 5.97 Å². The van der Waals surface area contributed by atoms with Crippen molar-refractivity contribution in [2.75, 3.05) is 33.9 Å². The quantitative estimate of drug-likeness (QED) is 0.404. The van der Waals surface area contributed by atoms with Gasteiger partial charge < -0.3 is 24.8 Å². The van der Waals surface area contributed by atoms with Gasteiger partial charge in [0.05, 0.1) is 27.2 Å². The van der Waals surface area contributed by atoms with Gasteiger partial charge in [-0.2, -0.15) is 0 Å². The number of nitrogens with one attached hydrogen (secondary N) is 2. The third kappa shape index (κ3) is 7.71. The van der Waals surface area contributed by atoms with E-state index < -0.39 is 0 Å². The van der Waals surface area contributed by atoms with Crippen LogP contribution in [0.15, 0.2) is 29.3 Å². The summed E-state index contributed by atoms with van der Waals surface area (Å²) >= 11 is 0. The minimum atomic E-state index is -0.256. The van der Waals surface area contributed by atoms with Crippen LogP contribution in [0.2, 0.25) is 0 Å². The van der Waals surface area contributed by atoms with Crippen molar-refractivity contribution in [3.63, 3.8) is 0 Å². The fourth-order valence-electron chi connectivity index (χ4n) is 1.89. The van der Waals surface area contributed by atoms with Crippen LogP contribution < -0.4 is 20.1 Å². The zero-order valence-electron chi connectivity index (χ0n) is 14.8. The smallest absolute Gasteiger partial charge is 0.307 e. The molecule has 134 valence electrons. The van der Waals surface area contributed by atoms with Gasteiger partial charge in [-0.1, -0.05) is 6.07 Å². The van der Waals surface area contributed by atoms with E-state index in [-0.39, 0.29) is 18.5 Å². The molecular formula is C17H27N3O4. The molecule has 7 heteroatoms. The van der Waals surface area contributed by atoms with Crippen LogP contribution in [0.4, 0.5) is 0 Å². The molecule has 1 atom stereocenters. The van der Waals surface area contributed by atoms with Crippen LogP contribution in [-0.2, 0) is 9.53 Å². The summed E-state index contributed by atoms with van der Waals surface area (Å²) < 4.78 is 15.6. The molecule has 1 aromatic rings. The largest absolute Gasteiger partial charge is 0.497 e. The van der Waals surface area contributed by atoms with Gasteiger partial charge in [0.25, 0.3) is 0 Å². The normalized spacial score (nSPS) is 12.2. The highest BCUT2D eigenvalue weighted by molar-refractivity contribution is 5.80. The number of esters is 1. The van der Waals surface area contributed by atoms with E-state index in [0.717, 1.165) is 18.0 Å². The third-order valence-electron chi connectivity index (χ3n) is 3.08. The summed E-state index contributed by atoms with van der Waals surface area (Å²) in [7, 11) is 2.99. The minimum absolute atomic E-state index is 0.104. The molecule has 0 heterocycles. The van der Waals surface area contributed by atoms with E-state index in [0.29, 0.717) is 19.0 Å². The van der Waals surface area contributed by atoms with Crippen molar-refractivity contribution < 1.29 is 19.0 Å². The molecule has 24 heavy (non-hydrogen) atoms. The van der Waals surface area contributed by atoms with Crippen molar-refractivity contribution in [3.8, 4) is 11.5 Å². The number of carbonyl (C=O) groups is 1. The fourth-order valence-corrected chi connectivity index (χ4v) is 1.89. The predicted octanol–water partition coefficient (Wildman–Crippen LogP) is 1.58. The third-order valence-corrected chi connectivity index (χ3v) is 3.08. The number of aliphatic imine (C=N–C) groups is 1. The lowest BCUT2D eigenvalue weighted by Crippen LogP contribution is -2.39. The molecule has 0 aliphatic heterocycles. The first-order chi connectivity index (χ1) is 11.6. The molecule has 0 amide bonds. The van der Waals surface area contributed by atoms with E-state index in [1.54, 1.807) is 7.11 Å². The Bertz CT molecular complexity index is 534. The fraction of sp³-hybridized carbons (Fsp3) is 0.529. The van der Waals surface area contributed by atoms with Crippen LogP contribution in [0.3, 0.4) is 0 Å². The highest BCUT2D eigenvalue weighted by Gasteiger charge is 2.06. The average molecular weight is 337 g/mol. The number of methoxy groups -OCH3 is 2. The minimum Gasteiger partial charge on any atom is -0.497 e. The lowest BCUT2D eigenvalue weighted by Gasteiger charge is -2.15. The molecule has 0 aliphatic carbocycles. The molecule has 0 aliphatic rings. The molecule has 2 N–H and O–H groups in total. The summed E-state index contributed by atoms with van der Waals surface area (Å²) in [5.41, 5.74) is 0. The maximum absolute atomic E-state index is 11.1. The monoisotopic (exact) mass is 337 g/mol.